The molecule has 0 amide bonds. The van der Waals surface area contributed by atoms with Gasteiger partial charge in [-0.25, -0.2) is 21.8 Å². The zero-order chi connectivity index (χ0) is 15.7. The first-order valence-corrected chi connectivity index (χ1v) is 9.38. The Morgan fingerprint density at radius 1 is 1.00 bits per heavy atom. The molecule has 2 rings (SSSR count). The largest absolute Gasteiger partial charge is 0.279 e. The molecule has 1 aromatic carbocycles. The van der Waals surface area contributed by atoms with Gasteiger partial charge in [-0.05, 0) is 36.4 Å². The standard InChI is InChI=1S/C12H11ClN2O4S2/c1-20(16,17)10-2-4-11(5-3-10)21(18,19)15-9-6-7-14-12(13)8-9/h2-8H,1H3,(H,14,15). The summed E-state index contributed by atoms with van der Waals surface area (Å²) in [6.45, 7) is 0. The van der Waals surface area contributed by atoms with Crippen LogP contribution in [0.3, 0.4) is 0 Å². The topological polar surface area (TPSA) is 93.2 Å². The van der Waals surface area contributed by atoms with Gasteiger partial charge in [0.2, 0.25) is 0 Å². The molecule has 0 saturated carbocycles. The van der Waals surface area contributed by atoms with Crippen molar-refractivity contribution in [1.29, 1.82) is 0 Å². The number of nitrogens with one attached hydrogen (secondary N) is 1. The van der Waals surface area contributed by atoms with Gasteiger partial charge in [-0.1, -0.05) is 11.6 Å². The number of rotatable bonds is 4. The smallest absolute Gasteiger partial charge is 0.261 e. The van der Waals surface area contributed by atoms with Crippen LogP contribution in [0, 0.1) is 0 Å². The van der Waals surface area contributed by atoms with E-state index in [1.165, 1.54) is 42.6 Å². The molecule has 0 unspecified atom stereocenters. The van der Waals surface area contributed by atoms with Crippen molar-refractivity contribution in [3.63, 3.8) is 0 Å². The van der Waals surface area contributed by atoms with Crippen molar-refractivity contribution in [2.24, 2.45) is 0 Å². The Labute approximate surface area is 127 Å². The fourth-order valence-electron chi connectivity index (χ4n) is 1.55. The third kappa shape index (κ3) is 3.93. The third-order valence-corrected chi connectivity index (χ3v) is 5.27. The van der Waals surface area contributed by atoms with E-state index in [9.17, 15) is 16.8 Å². The average Bonchev–Trinajstić information content (AvgIpc) is 2.37. The molecular weight excluding hydrogens is 336 g/mol. The van der Waals surface area contributed by atoms with E-state index in [0.29, 0.717) is 0 Å². The molecule has 112 valence electrons. The summed E-state index contributed by atoms with van der Waals surface area (Å²) in [6, 6.07) is 7.74. The van der Waals surface area contributed by atoms with Crippen molar-refractivity contribution in [1.82, 2.24) is 4.98 Å². The molecule has 1 N–H and O–H groups in total. The van der Waals surface area contributed by atoms with Crippen molar-refractivity contribution < 1.29 is 16.8 Å². The number of benzene rings is 1. The van der Waals surface area contributed by atoms with Crippen LogP contribution in [-0.4, -0.2) is 28.1 Å². The second-order valence-electron chi connectivity index (χ2n) is 4.22. The number of hydrogen-bond acceptors (Lipinski definition) is 5. The molecule has 1 aromatic heterocycles. The SMILES string of the molecule is CS(=O)(=O)c1ccc(S(=O)(=O)Nc2ccnc(Cl)c2)cc1. The number of pyridine rings is 1. The first-order chi connectivity index (χ1) is 9.68. The van der Waals surface area contributed by atoms with Crippen molar-refractivity contribution in [2.45, 2.75) is 9.79 Å². The third-order valence-electron chi connectivity index (χ3n) is 2.54. The molecule has 0 saturated heterocycles. The Bertz CT molecular complexity index is 862. The molecule has 0 aliphatic carbocycles. The Morgan fingerprint density at radius 3 is 2.10 bits per heavy atom. The molecule has 0 aliphatic rings. The zero-order valence-electron chi connectivity index (χ0n) is 10.8. The van der Waals surface area contributed by atoms with Crippen molar-refractivity contribution in [2.75, 3.05) is 11.0 Å². The van der Waals surface area contributed by atoms with E-state index in [1.807, 2.05) is 0 Å². The number of aromatic nitrogens is 1. The first-order valence-electron chi connectivity index (χ1n) is 5.63. The highest BCUT2D eigenvalue weighted by molar-refractivity contribution is 7.92. The molecule has 6 nitrogen and oxygen atoms in total. The number of sulfone groups is 1. The lowest BCUT2D eigenvalue weighted by atomic mass is 10.4. The predicted molar refractivity (Wildman–Crippen MR) is 79.6 cm³/mol. The lowest BCUT2D eigenvalue weighted by molar-refractivity contribution is 0.597. The van der Waals surface area contributed by atoms with Gasteiger partial charge in [-0.15, -0.1) is 0 Å². The lowest BCUT2D eigenvalue weighted by Crippen LogP contribution is -2.13. The minimum Gasteiger partial charge on any atom is -0.279 e. The van der Waals surface area contributed by atoms with Gasteiger partial charge in [0.05, 0.1) is 15.5 Å². The molecule has 21 heavy (non-hydrogen) atoms. The van der Waals surface area contributed by atoms with Crippen molar-refractivity contribution in [3.8, 4) is 0 Å². The predicted octanol–water partition coefficient (Wildman–Crippen LogP) is 1.94. The number of nitrogens with zero attached hydrogens (tertiary/aromatic N) is 1. The minimum absolute atomic E-state index is 0.0494. The molecule has 0 aliphatic heterocycles. The zero-order valence-corrected chi connectivity index (χ0v) is 13.2. The maximum atomic E-state index is 12.1. The van der Waals surface area contributed by atoms with Gasteiger partial charge in [0.1, 0.15) is 5.15 Å². The number of hydrogen-bond donors (Lipinski definition) is 1. The molecule has 1 heterocycles. The number of anilines is 1. The Hall–Kier alpha value is -1.64. The number of halogens is 1. The molecule has 0 spiro atoms. The highest BCUT2D eigenvalue weighted by atomic mass is 35.5. The molecule has 0 fully saturated rings. The molecule has 0 bridgehead atoms. The molecule has 2 aromatic rings. The van der Waals surface area contributed by atoms with Gasteiger partial charge < -0.3 is 0 Å². The quantitative estimate of drug-likeness (QED) is 0.854. The highest BCUT2D eigenvalue weighted by Gasteiger charge is 2.16. The van der Waals surface area contributed by atoms with Gasteiger partial charge in [-0.3, -0.25) is 4.72 Å². The molecule has 0 radical (unpaired) electrons. The van der Waals surface area contributed by atoms with E-state index in [2.05, 4.69) is 9.71 Å². The second-order valence-corrected chi connectivity index (χ2v) is 8.30. The van der Waals surface area contributed by atoms with E-state index < -0.39 is 19.9 Å². The Kier molecular flexibility index (Phi) is 4.22. The second kappa shape index (κ2) is 5.63. The summed E-state index contributed by atoms with van der Waals surface area (Å²) in [5, 5.41) is 0.155. The summed E-state index contributed by atoms with van der Waals surface area (Å²) in [5.41, 5.74) is 0.266. The van der Waals surface area contributed by atoms with Crippen LogP contribution in [0.5, 0.6) is 0 Å². The van der Waals surface area contributed by atoms with E-state index in [-0.39, 0.29) is 20.6 Å². The van der Waals surface area contributed by atoms with Crippen molar-refractivity contribution >= 4 is 37.1 Å². The van der Waals surface area contributed by atoms with Crippen LogP contribution in [0.1, 0.15) is 0 Å². The summed E-state index contributed by atoms with van der Waals surface area (Å²) in [6.07, 6.45) is 2.42. The molecular formula is C12H11ClN2O4S2. The van der Waals surface area contributed by atoms with Crippen LogP contribution in [0.4, 0.5) is 5.69 Å². The van der Waals surface area contributed by atoms with Crippen LogP contribution >= 0.6 is 11.6 Å². The van der Waals surface area contributed by atoms with Crippen LogP contribution in [0.2, 0.25) is 5.15 Å². The van der Waals surface area contributed by atoms with Crippen LogP contribution in [-0.2, 0) is 19.9 Å². The molecule has 9 heteroatoms. The maximum Gasteiger partial charge on any atom is 0.261 e. The Balaban J connectivity index is 2.32. The number of sulfonamides is 1. The van der Waals surface area contributed by atoms with Gasteiger partial charge in [-0.2, -0.15) is 0 Å². The van der Waals surface area contributed by atoms with Gasteiger partial charge in [0.15, 0.2) is 9.84 Å². The van der Waals surface area contributed by atoms with Crippen molar-refractivity contribution in [3.05, 3.63) is 47.7 Å². The summed E-state index contributed by atoms with van der Waals surface area (Å²) in [5.74, 6) is 0. The summed E-state index contributed by atoms with van der Waals surface area (Å²) >= 11 is 5.68. The van der Waals surface area contributed by atoms with Crippen LogP contribution < -0.4 is 4.72 Å². The van der Waals surface area contributed by atoms with Crippen LogP contribution in [0.15, 0.2) is 52.4 Å². The Morgan fingerprint density at radius 2 is 1.57 bits per heavy atom. The minimum atomic E-state index is -3.82. The molecule has 0 atom stereocenters. The van der Waals surface area contributed by atoms with Crippen LogP contribution in [0.25, 0.3) is 0 Å². The fraction of sp³-hybridized carbons (Fsp3) is 0.0833. The fourth-order valence-corrected chi connectivity index (χ4v) is 3.40. The van der Waals surface area contributed by atoms with Gasteiger partial charge in [0, 0.05) is 12.5 Å². The van der Waals surface area contributed by atoms with E-state index in [0.717, 1.165) is 6.26 Å². The highest BCUT2D eigenvalue weighted by Crippen LogP contribution is 2.19. The summed E-state index contributed by atoms with van der Waals surface area (Å²) in [7, 11) is -7.19. The first kappa shape index (κ1) is 15.7. The summed E-state index contributed by atoms with van der Waals surface area (Å²) in [4.78, 5) is 3.74. The normalized spacial score (nSPS) is 12.1. The van der Waals surface area contributed by atoms with E-state index in [4.69, 9.17) is 11.6 Å². The van der Waals surface area contributed by atoms with Gasteiger partial charge in [0.25, 0.3) is 10.0 Å². The van der Waals surface area contributed by atoms with Gasteiger partial charge >= 0.3 is 0 Å². The lowest BCUT2D eigenvalue weighted by Gasteiger charge is -2.08. The maximum absolute atomic E-state index is 12.1. The van der Waals surface area contributed by atoms with E-state index in [1.54, 1.807) is 0 Å². The van der Waals surface area contributed by atoms with E-state index >= 15 is 0 Å². The monoisotopic (exact) mass is 346 g/mol. The average molecular weight is 347 g/mol. The summed E-state index contributed by atoms with van der Waals surface area (Å²) < 4.78 is 49.3.